The van der Waals surface area contributed by atoms with Crippen LogP contribution in [-0.2, 0) is 14.8 Å². The summed E-state index contributed by atoms with van der Waals surface area (Å²) in [6.07, 6.45) is 1.08. The molecule has 0 saturated heterocycles. The number of hydrogen-bond acceptors (Lipinski definition) is 4. The standard InChI is InChI=1S/C21H20N2O3S2/c1-28(25,26)23-18-12-8-11-17(15-18)22-21(24)20(16-9-4-2-5-10-16)27-19-13-6-3-7-14-19/h2-15,20,23H,1H3,(H,22,24). The zero-order valence-electron chi connectivity index (χ0n) is 15.2. The van der Waals surface area contributed by atoms with Crippen LogP contribution in [0, 0.1) is 0 Å². The van der Waals surface area contributed by atoms with Crippen molar-refractivity contribution in [3.8, 4) is 0 Å². The highest BCUT2D eigenvalue weighted by molar-refractivity contribution is 8.00. The SMILES string of the molecule is CS(=O)(=O)Nc1cccc(NC(=O)C(Sc2ccccc2)c2ccccc2)c1. The van der Waals surface area contributed by atoms with Gasteiger partial charge >= 0.3 is 0 Å². The van der Waals surface area contributed by atoms with E-state index < -0.39 is 15.3 Å². The van der Waals surface area contributed by atoms with E-state index in [-0.39, 0.29) is 5.91 Å². The summed E-state index contributed by atoms with van der Waals surface area (Å²) in [5.74, 6) is -0.184. The van der Waals surface area contributed by atoms with Gasteiger partial charge in [0.25, 0.3) is 0 Å². The number of nitrogens with one attached hydrogen (secondary N) is 2. The van der Waals surface area contributed by atoms with E-state index in [4.69, 9.17) is 0 Å². The average molecular weight is 413 g/mol. The van der Waals surface area contributed by atoms with Crippen LogP contribution in [0.1, 0.15) is 10.8 Å². The van der Waals surface area contributed by atoms with Gasteiger partial charge in [0.2, 0.25) is 15.9 Å². The van der Waals surface area contributed by atoms with E-state index in [1.807, 2.05) is 60.7 Å². The monoisotopic (exact) mass is 412 g/mol. The summed E-state index contributed by atoms with van der Waals surface area (Å²) in [6.45, 7) is 0. The Balaban J connectivity index is 1.83. The van der Waals surface area contributed by atoms with Crippen molar-refractivity contribution >= 4 is 39.1 Å². The van der Waals surface area contributed by atoms with Crippen molar-refractivity contribution in [1.29, 1.82) is 0 Å². The number of benzene rings is 3. The third-order valence-corrected chi connectivity index (χ3v) is 5.64. The van der Waals surface area contributed by atoms with Crippen LogP contribution in [0.2, 0.25) is 0 Å². The number of amides is 1. The molecule has 3 rings (SSSR count). The van der Waals surface area contributed by atoms with Crippen LogP contribution in [0.15, 0.2) is 89.8 Å². The molecule has 7 heteroatoms. The summed E-state index contributed by atoms with van der Waals surface area (Å²) in [5.41, 5.74) is 1.81. The summed E-state index contributed by atoms with van der Waals surface area (Å²) >= 11 is 1.46. The van der Waals surface area contributed by atoms with Crippen LogP contribution in [-0.4, -0.2) is 20.6 Å². The van der Waals surface area contributed by atoms with Gasteiger partial charge in [-0.25, -0.2) is 8.42 Å². The Morgan fingerprint density at radius 2 is 1.46 bits per heavy atom. The Kier molecular flexibility index (Phi) is 6.38. The second-order valence-corrected chi connectivity index (χ2v) is 9.09. The molecule has 0 fully saturated rings. The number of rotatable bonds is 7. The maximum absolute atomic E-state index is 13.0. The second-order valence-electron chi connectivity index (χ2n) is 6.17. The maximum atomic E-state index is 13.0. The van der Waals surface area contributed by atoms with Crippen LogP contribution in [0.25, 0.3) is 0 Å². The zero-order chi connectivity index (χ0) is 20.0. The van der Waals surface area contributed by atoms with Crippen LogP contribution >= 0.6 is 11.8 Å². The highest BCUT2D eigenvalue weighted by atomic mass is 32.2. The van der Waals surface area contributed by atoms with Crippen molar-refractivity contribution in [2.75, 3.05) is 16.3 Å². The number of carbonyl (C=O) groups excluding carboxylic acids is 1. The van der Waals surface area contributed by atoms with E-state index in [2.05, 4.69) is 10.0 Å². The molecule has 0 spiro atoms. The smallest absolute Gasteiger partial charge is 0.242 e. The Morgan fingerprint density at radius 3 is 2.11 bits per heavy atom. The molecular weight excluding hydrogens is 392 g/mol. The van der Waals surface area contributed by atoms with Crippen molar-refractivity contribution in [2.45, 2.75) is 10.1 Å². The molecule has 0 heterocycles. The van der Waals surface area contributed by atoms with Crippen molar-refractivity contribution in [3.05, 3.63) is 90.5 Å². The van der Waals surface area contributed by atoms with Crippen LogP contribution < -0.4 is 10.0 Å². The fraction of sp³-hybridized carbons (Fsp3) is 0.0952. The summed E-state index contributed by atoms with van der Waals surface area (Å²) in [5, 5.41) is 2.44. The molecule has 5 nitrogen and oxygen atoms in total. The maximum Gasteiger partial charge on any atom is 0.242 e. The normalized spacial score (nSPS) is 12.2. The van der Waals surface area contributed by atoms with Gasteiger partial charge in [0.05, 0.1) is 11.9 Å². The van der Waals surface area contributed by atoms with E-state index in [0.717, 1.165) is 16.7 Å². The second kappa shape index (κ2) is 8.95. The van der Waals surface area contributed by atoms with E-state index in [0.29, 0.717) is 11.4 Å². The molecule has 1 atom stereocenters. The Hall–Kier alpha value is -2.77. The predicted molar refractivity (Wildman–Crippen MR) is 115 cm³/mol. The highest BCUT2D eigenvalue weighted by Crippen LogP contribution is 2.36. The first kappa shape index (κ1) is 20.0. The van der Waals surface area contributed by atoms with Crippen LogP contribution in [0.5, 0.6) is 0 Å². The minimum Gasteiger partial charge on any atom is -0.325 e. The molecule has 3 aromatic rings. The number of anilines is 2. The van der Waals surface area contributed by atoms with E-state index in [9.17, 15) is 13.2 Å². The molecule has 1 unspecified atom stereocenters. The van der Waals surface area contributed by atoms with Crippen molar-refractivity contribution in [2.24, 2.45) is 0 Å². The number of sulfonamides is 1. The fourth-order valence-corrected chi connectivity index (χ4v) is 4.22. The molecule has 0 aliphatic heterocycles. The van der Waals surface area contributed by atoms with Crippen LogP contribution in [0.4, 0.5) is 11.4 Å². The van der Waals surface area contributed by atoms with Gasteiger partial charge in [-0.1, -0.05) is 54.6 Å². The topological polar surface area (TPSA) is 75.3 Å². The van der Waals surface area contributed by atoms with Gasteiger partial charge < -0.3 is 5.32 Å². The third-order valence-electron chi connectivity index (χ3n) is 3.77. The Labute approximate surface area is 169 Å². The lowest BCUT2D eigenvalue weighted by molar-refractivity contribution is -0.115. The van der Waals surface area contributed by atoms with E-state index >= 15 is 0 Å². The quantitative estimate of drug-likeness (QED) is 0.559. The first-order valence-electron chi connectivity index (χ1n) is 8.56. The van der Waals surface area contributed by atoms with Gasteiger partial charge in [-0.05, 0) is 35.9 Å². The molecule has 0 aliphatic rings. The van der Waals surface area contributed by atoms with Crippen molar-refractivity contribution in [1.82, 2.24) is 0 Å². The van der Waals surface area contributed by atoms with Gasteiger partial charge in [-0.3, -0.25) is 9.52 Å². The van der Waals surface area contributed by atoms with Crippen LogP contribution in [0.3, 0.4) is 0 Å². The van der Waals surface area contributed by atoms with Gasteiger partial charge in [0.15, 0.2) is 0 Å². The van der Waals surface area contributed by atoms with Gasteiger partial charge in [-0.15, -0.1) is 11.8 Å². The molecule has 28 heavy (non-hydrogen) atoms. The largest absolute Gasteiger partial charge is 0.325 e. The Bertz CT molecular complexity index is 1040. The predicted octanol–water partition coefficient (Wildman–Crippen LogP) is 4.53. The van der Waals surface area contributed by atoms with Crippen molar-refractivity contribution in [3.63, 3.8) is 0 Å². The zero-order valence-corrected chi connectivity index (χ0v) is 16.8. The summed E-state index contributed by atoms with van der Waals surface area (Å²) < 4.78 is 25.3. The first-order chi connectivity index (χ1) is 13.4. The average Bonchev–Trinajstić information content (AvgIpc) is 2.66. The third kappa shape index (κ3) is 5.87. The number of hydrogen-bond donors (Lipinski definition) is 2. The Morgan fingerprint density at radius 1 is 0.857 bits per heavy atom. The number of carbonyl (C=O) groups is 1. The molecule has 2 N–H and O–H groups in total. The lowest BCUT2D eigenvalue weighted by Crippen LogP contribution is -2.19. The molecule has 0 aliphatic carbocycles. The van der Waals surface area contributed by atoms with Gasteiger partial charge in [0.1, 0.15) is 5.25 Å². The first-order valence-corrected chi connectivity index (χ1v) is 11.3. The molecule has 0 aromatic heterocycles. The molecule has 1 amide bonds. The molecule has 0 radical (unpaired) electrons. The number of thioether (sulfide) groups is 1. The van der Waals surface area contributed by atoms with Crippen molar-refractivity contribution < 1.29 is 13.2 Å². The molecule has 144 valence electrons. The van der Waals surface area contributed by atoms with Gasteiger partial charge in [0, 0.05) is 10.6 Å². The van der Waals surface area contributed by atoms with Gasteiger partial charge in [-0.2, -0.15) is 0 Å². The van der Waals surface area contributed by atoms with E-state index in [1.165, 1.54) is 11.8 Å². The molecule has 0 bridgehead atoms. The summed E-state index contributed by atoms with van der Waals surface area (Å²) in [4.78, 5) is 14.0. The molecule has 3 aromatic carbocycles. The summed E-state index contributed by atoms with van der Waals surface area (Å²) in [7, 11) is -3.39. The van der Waals surface area contributed by atoms with E-state index in [1.54, 1.807) is 24.3 Å². The fourth-order valence-electron chi connectivity index (χ4n) is 2.62. The highest BCUT2D eigenvalue weighted by Gasteiger charge is 2.22. The summed E-state index contributed by atoms with van der Waals surface area (Å²) in [6, 6.07) is 25.9. The molecule has 0 saturated carbocycles. The minimum atomic E-state index is -3.39. The lowest BCUT2D eigenvalue weighted by Gasteiger charge is -2.17. The minimum absolute atomic E-state index is 0.184. The lowest BCUT2D eigenvalue weighted by atomic mass is 10.1. The molecular formula is C21H20N2O3S2.